The van der Waals surface area contributed by atoms with Gasteiger partial charge in [-0.15, -0.1) is 0 Å². The highest BCUT2D eigenvalue weighted by Crippen LogP contribution is 2.32. The summed E-state index contributed by atoms with van der Waals surface area (Å²) >= 11 is 0. The minimum atomic E-state index is -0.135. The molecular formula is C22H24N2O5. The SMILES string of the molecule is O=C(NC1CCN(C(=O)CCOc2ccccc2)CC1)c1ccc2c(c1)OCO2. The number of rotatable bonds is 6. The van der Waals surface area contributed by atoms with Crippen molar-refractivity contribution in [2.75, 3.05) is 26.5 Å². The standard InChI is InChI=1S/C22H24N2O5/c25-21(10-13-27-18-4-2-1-3-5-18)24-11-8-17(9-12-24)23-22(26)16-6-7-19-20(14-16)29-15-28-19/h1-7,14,17H,8-13,15H2,(H,23,26). The number of carbonyl (C=O) groups excluding carboxylic acids is 2. The molecule has 4 rings (SSSR count). The molecule has 0 radical (unpaired) electrons. The third-order valence-corrected chi connectivity index (χ3v) is 5.15. The first kappa shape index (κ1) is 19.1. The van der Waals surface area contributed by atoms with Crippen molar-refractivity contribution in [3.8, 4) is 17.2 Å². The molecule has 2 aliphatic heterocycles. The lowest BCUT2D eigenvalue weighted by molar-refractivity contribution is -0.132. The lowest BCUT2D eigenvalue weighted by Crippen LogP contribution is -2.46. The first-order chi connectivity index (χ1) is 14.2. The van der Waals surface area contributed by atoms with E-state index in [0.717, 1.165) is 18.6 Å². The molecule has 2 aromatic carbocycles. The fourth-order valence-corrected chi connectivity index (χ4v) is 3.51. The molecule has 0 bridgehead atoms. The molecule has 152 valence electrons. The molecule has 0 atom stereocenters. The molecular weight excluding hydrogens is 372 g/mol. The zero-order chi connectivity index (χ0) is 20.1. The van der Waals surface area contributed by atoms with Crippen LogP contribution in [0, 0.1) is 0 Å². The van der Waals surface area contributed by atoms with Gasteiger partial charge in [0.25, 0.3) is 5.91 Å². The van der Waals surface area contributed by atoms with E-state index in [1.54, 1.807) is 18.2 Å². The lowest BCUT2D eigenvalue weighted by Gasteiger charge is -2.32. The number of fused-ring (bicyclic) bond motifs is 1. The van der Waals surface area contributed by atoms with Crippen molar-refractivity contribution in [2.24, 2.45) is 0 Å². The number of benzene rings is 2. The molecule has 2 heterocycles. The molecule has 2 amide bonds. The number of para-hydroxylation sites is 1. The van der Waals surface area contributed by atoms with Crippen molar-refractivity contribution in [2.45, 2.75) is 25.3 Å². The summed E-state index contributed by atoms with van der Waals surface area (Å²) in [6.07, 6.45) is 1.83. The maximum atomic E-state index is 12.5. The number of ether oxygens (including phenoxy) is 3. The van der Waals surface area contributed by atoms with Crippen LogP contribution in [0.15, 0.2) is 48.5 Å². The first-order valence-electron chi connectivity index (χ1n) is 9.85. The summed E-state index contributed by atoms with van der Waals surface area (Å²) in [6, 6.07) is 14.7. The number of nitrogens with one attached hydrogen (secondary N) is 1. The average Bonchev–Trinajstić information content (AvgIpc) is 3.23. The topological polar surface area (TPSA) is 77.1 Å². The van der Waals surface area contributed by atoms with Crippen molar-refractivity contribution in [1.82, 2.24) is 10.2 Å². The number of amides is 2. The summed E-state index contributed by atoms with van der Waals surface area (Å²) < 4.78 is 16.2. The summed E-state index contributed by atoms with van der Waals surface area (Å²) in [6.45, 7) is 1.82. The number of carbonyl (C=O) groups is 2. The maximum absolute atomic E-state index is 12.5. The summed E-state index contributed by atoms with van der Waals surface area (Å²) in [5.41, 5.74) is 0.547. The van der Waals surface area contributed by atoms with Gasteiger partial charge in [0.05, 0.1) is 13.0 Å². The van der Waals surface area contributed by atoms with Crippen LogP contribution in [-0.2, 0) is 4.79 Å². The Morgan fingerprint density at radius 3 is 2.59 bits per heavy atom. The number of hydrogen-bond acceptors (Lipinski definition) is 5. The first-order valence-corrected chi connectivity index (χ1v) is 9.85. The molecule has 0 aromatic heterocycles. The van der Waals surface area contributed by atoms with Gasteiger partial charge in [-0.25, -0.2) is 0 Å². The fraction of sp³-hybridized carbons (Fsp3) is 0.364. The molecule has 7 heteroatoms. The Balaban J connectivity index is 1.20. The van der Waals surface area contributed by atoms with Crippen molar-refractivity contribution in [3.63, 3.8) is 0 Å². The lowest BCUT2D eigenvalue weighted by atomic mass is 10.0. The van der Waals surface area contributed by atoms with Gasteiger partial charge in [-0.1, -0.05) is 18.2 Å². The van der Waals surface area contributed by atoms with E-state index in [-0.39, 0.29) is 24.6 Å². The molecule has 1 N–H and O–H groups in total. The van der Waals surface area contributed by atoms with Crippen molar-refractivity contribution < 1.29 is 23.8 Å². The molecule has 0 saturated carbocycles. The Hall–Kier alpha value is -3.22. The summed E-state index contributed by atoms with van der Waals surface area (Å²) in [7, 11) is 0. The van der Waals surface area contributed by atoms with Gasteiger partial charge < -0.3 is 24.4 Å². The van der Waals surface area contributed by atoms with E-state index in [9.17, 15) is 9.59 Å². The van der Waals surface area contributed by atoms with Gasteiger partial charge in [0.15, 0.2) is 11.5 Å². The fourth-order valence-electron chi connectivity index (χ4n) is 3.51. The van der Waals surface area contributed by atoms with E-state index in [4.69, 9.17) is 14.2 Å². The highest BCUT2D eigenvalue weighted by atomic mass is 16.7. The largest absolute Gasteiger partial charge is 0.493 e. The van der Waals surface area contributed by atoms with Crippen molar-refractivity contribution in [3.05, 3.63) is 54.1 Å². The Kier molecular flexibility index (Phi) is 5.84. The second kappa shape index (κ2) is 8.86. The molecule has 29 heavy (non-hydrogen) atoms. The van der Waals surface area contributed by atoms with E-state index in [2.05, 4.69) is 5.32 Å². The Morgan fingerprint density at radius 2 is 1.79 bits per heavy atom. The molecule has 0 aliphatic carbocycles. The molecule has 1 saturated heterocycles. The Bertz CT molecular complexity index is 863. The van der Waals surface area contributed by atoms with Crippen LogP contribution in [0.5, 0.6) is 17.2 Å². The number of nitrogens with zero attached hydrogens (tertiary/aromatic N) is 1. The van der Waals surface area contributed by atoms with Crippen LogP contribution in [0.25, 0.3) is 0 Å². The van der Waals surface area contributed by atoms with Crippen LogP contribution < -0.4 is 19.5 Å². The van der Waals surface area contributed by atoms with Gasteiger partial charge in [-0.3, -0.25) is 9.59 Å². The van der Waals surface area contributed by atoms with Gasteiger partial charge in [-0.05, 0) is 43.2 Å². The maximum Gasteiger partial charge on any atom is 0.251 e. The van der Waals surface area contributed by atoms with Crippen molar-refractivity contribution >= 4 is 11.8 Å². The van der Waals surface area contributed by atoms with Crippen LogP contribution in [-0.4, -0.2) is 49.2 Å². The van der Waals surface area contributed by atoms with Crippen LogP contribution >= 0.6 is 0 Å². The van der Waals surface area contributed by atoms with E-state index in [1.807, 2.05) is 35.2 Å². The third kappa shape index (κ3) is 4.80. The molecule has 0 spiro atoms. The smallest absolute Gasteiger partial charge is 0.251 e. The third-order valence-electron chi connectivity index (χ3n) is 5.15. The van der Waals surface area contributed by atoms with Crippen LogP contribution in [0.1, 0.15) is 29.6 Å². The predicted octanol–water partition coefficient (Wildman–Crippen LogP) is 2.61. The molecule has 2 aromatic rings. The highest BCUT2D eigenvalue weighted by Gasteiger charge is 2.24. The van der Waals surface area contributed by atoms with Gasteiger partial charge in [0, 0.05) is 24.7 Å². The van der Waals surface area contributed by atoms with E-state index in [1.165, 1.54) is 0 Å². The van der Waals surface area contributed by atoms with Gasteiger partial charge >= 0.3 is 0 Å². The Morgan fingerprint density at radius 1 is 1.03 bits per heavy atom. The Labute approximate surface area is 169 Å². The second-order valence-corrected chi connectivity index (χ2v) is 7.11. The quantitative estimate of drug-likeness (QED) is 0.812. The van der Waals surface area contributed by atoms with E-state index in [0.29, 0.717) is 43.2 Å². The molecule has 2 aliphatic rings. The highest BCUT2D eigenvalue weighted by molar-refractivity contribution is 5.95. The summed E-state index contributed by atoms with van der Waals surface area (Å²) in [4.78, 5) is 26.7. The minimum Gasteiger partial charge on any atom is -0.493 e. The zero-order valence-electron chi connectivity index (χ0n) is 16.1. The monoisotopic (exact) mass is 396 g/mol. The van der Waals surface area contributed by atoms with Gasteiger partial charge in [-0.2, -0.15) is 0 Å². The number of hydrogen-bond donors (Lipinski definition) is 1. The van der Waals surface area contributed by atoms with Crippen LogP contribution in [0.3, 0.4) is 0 Å². The van der Waals surface area contributed by atoms with E-state index < -0.39 is 0 Å². The van der Waals surface area contributed by atoms with E-state index >= 15 is 0 Å². The second-order valence-electron chi connectivity index (χ2n) is 7.11. The number of likely N-dealkylation sites (tertiary alicyclic amines) is 1. The number of piperidine rings is 1. The summed E-state index contributed by atoms with van der Waals surface area (Å²) in [5.74, 6) is 1.97. The predicted molar refractivity (Wildman–Crippen MR) is 106 cm³/mol. The normalized spacial score (nSPS) is 15.8. The summed E-state index contributed by atoms with van der Waals surface area (Å²) in [5, 5.41) is 3.05. The van der Waals surface area contributed by atoms with Gasteiger partial charge in [0.1, 0.15) is 5.75 Å². The van der Waals surface area contributed by atoms with Crippen molar-refractivity contribution in [1.29, 1.82) is 0 Å². The minimum absolute atomic E-state index is 0.0533. The average molecular weight is 396 g/mol. The van der Waals surface area contributed by atoms with Crippen LogP contribution in [0.4, 0.5) is 0 Å². The van der Waals surface area contributed by atoms with Crippen LogP contribution in [0.2, 0.25) is 0 Å². The molecule has 1 fully saturated rings. The molecule has 0 unspecified atom stereocenters. The molecule has 7 nitrogen and oxygen atoms in total. The zero-order valence-corrected chi connectivity index (χ0v) is 16.1. The van der Waals surface area contributed by atoms with Gasteiger partial charge in [0.2, 0.25) is 12.7 Å².